The SMILES string of the molecule is Cc1nc(SC(F)F)sc1Cl. The molecule has 0 unspecified atom stereocenters. The smallest absolute Gasteiger partial charge is 0.233 e. The monoisotopic (exact) mass is 215 g/mol. The number of halogens is 3. The normalized spacial score (nSPS) is 11.0. The summed E-state index contributed by atoms with van der Waals surface area (Å²) >= 11 is 7.11. The summed E-state index contributed by atoms with van der Waals surface area (Å²) in [5, 5.41) is 0. The van der Waals surface area contributed by atoms with E-state index in [2.05, 4.69) is 4.98 Å². The van der Waals surface area contributed by atoms with Crippen LogP contribution in [0.5, 0.6) is 0 Å². The van der Waals surface area contributed by atoms with Gasteiger partial charge in [0.05, 0.1) is 5.69 Å². The fourth-order valence-electron chi connectivity index (χ4n) is 0.481. The maximum absolute atomic E-state index is 11.7. The Morgan fingerprint density at radius 3 is 2.64 bits per heavy atom. The molecule has 1 rings (SSSR count). The van der Waals surface area contributed by atoms with Crippen molar-refractivity contribution < 1.29 is 8.78 Å². The molecular formula is C5H4ClF2NS2. The Morgan fingerprint density at radius 1 is 1.64 bits per heavy atom. The quantitative estimate of drug-likeness (QED) is 0.702. The zero-order valence-corrected chi connectivity index (χ0v) is 7.86. The van der Waals surface area contributed by atoms with Gasteiger partial charge in [-0.3, -0.25) is 0 Å². The second kappa shape index (κ2) is 3.69. The summed E-state index contributed by atoms with van der Waals surface area (Å²) in [7, 11) is 0. The van der Waals surface area contributed by atoms with Crippen molar-refractivity contribution >= 4 is 34.7 Å². The van der Waals surface area contributed by atoms with Crippen molar-refractivity contribution in [3.63, 3.8) is 0 Å². The molecule has 0 saturated heterocycles. The Bertz CT molecular complexity index is 231. The first-order valence-corrected chi connectivity index (χ1v) is 4.74. The molecule has 1 aromatic rings. The highest BCUT2D eigenvalue weighted by molar-refractivity contribution is 8.01. The third-order valence-corrected chi connectivity index (χ3v) is 3.17. The van der Waals surface area contributed by atoms with E-state index in [4.69, 9.17) is 11.6 Å². The lowest BCUT2D eigenvalue weighted by molar-refractivity contribution is 0.252. The van der Waals surface area contributed by atoms with E-state index in [0.717, 1.165) is 11.3 Å². The molecule has 6 heteroatoms. The number of aryl methyl sites for hydroxylation is 1. The molecule has 0 atom stereocenters. The molecule has 0 saturated carbocycles. The lowest BCUT2D eigenvalue weighted by Gasteiger charge is -1.90. The third-order valence-electron chi connectivity index (χ3n) is 0.910. The minimum absolute atomic E-state index is 0.322. The molecule has 0 aliphatic carbocycles. The first kappa shape index (κ1) is 9.22. The van der Waals surface area contributed by atoms with E-state index in [0.29, 0.717) is 26.1 Å². The fraction of sp³-hybridized carbons (Fsp3) is 0.400. The lowest BCUT2D eigenvalue weighted by atomic mass is 10.6. The highest BCUT2D eigenvalue weighted by Gasteiger charge is 2.11. The molecule has 1 heterocycles. The van der Waals surface area contributed by atoms with Crippen LogP contribution in [-0.4, -0.2) is 10.7 Å². The second-order valence-corrected chi connectivity index (χ2v) is 4.56. The summed E-state index contributed by atoms with van der Waals surface area (Å²) in [5.74, 6) is -2.42. The van der Waals surface area contributed by atoms with Crippen molar-refractivity contribution in [3.05, 3.63) is 10.0 Å². The minimum atomic E-state index is -2.42. The Kier molecular flexibility index (Phi) is 3.09. The van der Waals surface area contributed by atoms with Crippen LogP contribution in [0.1, 0.15) is 5.69 Å². The summed E-state index contributed by atoms with van der Waals surface area (Å²) in [4.78, 5) is 3.82. The second-order valence-electron chi connectivity index (χ2n) is 1.72. The van der Waals surface area contributed by atoms with Crippen LogP contribution in [0.25, 0.3) is 0 Å². The Hall–Kier alpha value is 0.130. The van der Waals surface area contributed by atoms with Gasteiger partial charge in [-0.05, 0) is 18.7 Å². The van der Waals surface area contributed by atoms with Gasteiger partial charge in [0.25, 0.3) is 5.76 Å². The first-order valence-electron chi connectivity index (χ1n) is 2.67. The average molecular weight is 216 g/mol. The zero-order valence-electron chi connectivity index (χ0n) is 5.47. The average Bonchev–Trinajstić information content (AvgIpc) is 2.10. The summed E-state index contributed by atoms with van der Waals surface area (Å²) in [6.45, 7) is 1.69. The number of alkyl halides is 2. The van der Waals surface area contributed by atoms with Crippen LogP contribution in [-0.2, 0) is 0 Å². The number of hydrogen-bond donors (Lipinski definition) is 0. The standard InChI is InChI=1S/C5H4ClF2NS2/c1-2-3(6)10-5(9-2)11-4(7)8/h4H,1H3. The molecule has 11 heavy (non-hydrogen) atoms. The van der Waals surface area contributed by atoms with Crippen LogP contribution >= 0.6 is 34.7 Å². The van der Waals surface area contributed by atoms with Crippen molar-refractivity contribution in [2.45, 2.75) is 17.0 Å². The Balaban J connectivity index is 2.73. The molecule has 0 aliphatic rings. The highest BCUT2D eigenvalue weighted by atomic mass is 35.5. The molecule has 1 nitrogen and oxygen atoms in total. The van der Waals surface area contributed by atoms with E-state index >= 15 is 0 Å². The van der Waals surface area contributed by atoms with Gasteiger partial charge in [0.2, 0.25) is 0 Å². The number of thioether (sulfide) groups is 1. The molecule has 62 valence electrons. The molecule has 0 spiro atoms. The van der Waals surface area contributed by atoms with Gasteiger partial charge in [-0.2, -0.15) is 8.78 Å². The molecule has 0 bridgehead atoms. The predicted molar refractivity (Wildman–Crippen MR) is 43.7 cm³/mol. The van der Waals surface area contributed by atoms with Gasteiger partial charge in [-0.15, -0.1) is 0 Å². The molecule has 0 aromatic carbocycles. The zero-order chi connectivity index (χ0) is 8.43. The molecule has 0 amide bonds. The largest absolute Gasteiger partial charge is 0.291 e. The topological polar surface area (TPSA) is 12.9 Å². The molecular weight excluding hydrogens is 212 g/mol. The minimum Gasteiger partial charge on any atom is -0.233 e. The van der Waals surface area contributed by atoms with Crippen molar-refractivity contribution in [1.82, 2.24) is 4.98 Å². The lowest BCUT2D eigenvalue weighted by Crippen LogP contribution is -1.79. The predicted octanol–water partition coefficient (Wildman–Crippen LogP) is 3.42. The fourth-order valence-corrected chi connectivity index (χ4v) is 2.41. The van der Waals surface area contributed by atoms with Crippen LogP contribution in [0.4, 0.5) is 8.78 Å². The number of aromatic nitrogens is 1. The summed E-state index contributed by atoms with van der Waals surface area (Å²) in [6.07, 6.45) is 0. The van der Waals surface area contributed by atoms with Crippen molar-refractivity contribution in [3.8, 4) is 0 Å². The first-order chi connectivity index (χ1) is 5.09. The summed E-state index contributed by atoms with van der Waals surface area (Å²) in [5.41, 5.74) is 0.611. The van der Waals surface area contributed by atoms with E-state index < -0.39 is 5.76 Å². The van der Waals surface area contributed by atoms with Crippen LogP contribution < -0.4 is 0 Å². The van der Waals surface area contributed by atoms with E-state index in [9.17, 15) is 8.78 Å². The van der Waals surface area contributed by atoms with Crippen LogP contribution in [0.2, 0.25) is 4.34 Å². The Morgan fingerprint density at radius 2 is 2.27 bits per heavy atom. The van der Waals surface area contributed by atoms with Crippen molar-refractivity contribution in [2.24, 2.45) is 0 Å². The van der Waals surface area contributed by atoms with Crippen molar-refractivity contribution in [2.75, 3.05) is 0 Å². The van der Waals surface area contributed by atoms with Gasteiger partial charge in [0, 0.05) is 0 Å². The Labute approximate surface area is 75.8 Å². The third kappa shape index (κ3) is 2.57. The van der Waals surface area contributed by atoms with Crippen molar-refractivity contribution in [1.29, 1.82) is 0 Å². The van der Waals surface area contributed by atoms with Gasteiger partial charge in [-0.1, -0.05) is 22.9 Å². The van der Waals surface area contributed by atoms with E-state index in [1.54, 1.807) is 6.92 Å². The van der Waals surface area contributed by atoms with Crippen LogP contribution in [0.15, 0.2) is 4.34 Å². The van der Waals surface area contributed by atoms with Crippen LogP contribution in [0, 0.1) is 6.92 Å². The molecule has 1 aromatic heterocycles. The summed E-state index contributed by atoms with van der Waals surface area (Å²) in [6, 6.07) is 0. The molecule has 0 N–H and O–H groups in total. The number of thiazole rings is 1. The van der Waals surface area contributed by atoms with E-state index in [-0.39, 0.29) is 0 Å². The van der Waals surface area contributed by atoms with Gasteiger partial charge < -0.3 is 0 Å². The highest BCUT2D eigenvalue weighted by Crippen LogP contribution is 2.33. The van der Waals surface area contributed by atoms with Crippen LogP contribution in [0.3, 0.4) is 0 Å². The number of nitrogens with zero attached hydrogens (tertiary/aromatic N) is 1. The van der Waals surface area contributed by atoms with Gasteiger partial charge in [0.15, 0.2) is 4.34 Å². The molecule has 0 fully saturated rings. The molecule has 0 radical (unpaired) electrons. The van der Waals surface area contributed by atoms with Gasteiger partial charge in [0.1, 0.15) is 4.34 Å². The molecule has 0 aliphatic heterocycles. The van der Waals surface area contributed by atoms with E-state index in [1.807, 2.05) is 0 Å². The maximum Gasteiger partial charge on any atom is 0.291 e. The maximum atomic E-state index is 11.7. The summed E-state index contributed by atoms with van der Waals surface area (Å²) < 4.78 is 24.3. The van der Waals surface area contributed by atoms with Gasteiger partial charge >= 0.3 is 0 Å². The number of rotatable bonds is 2. The van der Waals surface area contributed by atoms with E-state index in [1.165, 1.54) is 0 Å². The number of hydrogen-bond acceptors (Lipinski definition) is 3. The van der Waals surface area contributed by atoms with Gasteiger partial charge in [-0.25, -0.2) is 4.98 Å².